The Kier molecular flexibility index (Phi) is 5.71. The molecule has 0 aliphatic heterocycles. The summed E-state index contributed by atoms with van der Waals surface area (Å²) < 4.78 is 4.98. The van der Waals surface area contributed by atoms with Crippen molar-refractivity contribution in [2.24, 2.45) is 0 Å². The van der Waals surface area contributed by atoms with Crippen molar-refractivity contribution in [3.05, 3.63) is 41.5 Å². The van der Waals surface area contributed by atoms with Crippen molar-refractivity contribution < 1.29 is 29.6 Å². The van der Waals surface area contributed by atoms with E-state index in [4.69, 9.17) is 4.74 Å². The van der Waals surface area contributed by atoms with E-state index in [2.05, 4.69) is 0 Å². The van der Waals surface area contributed by atoms with Gasteiger partial charge in [0.25, 0.3) is 0 Å². The van der Waals surface area contributed by atoms with Crippen molar-refractivity contribution >= 4 is 23.1 Å². The van der Waals surface area contributed by atoms with Crippen LogP contribution in [-0.4, -0.2) is 40.2 Å². The number of phenolic OH excluding ortho intramolecular Hbond substituents is 3. The van der Waals surface area contributed by atoms with Crippen LogP contribution in [0.4, 0.5) is 11.4 Å². The molecule has 2 rings (SSSR count). The fraction of sp³-hybridized carbons (Fsp3) is 0.263. The van der Waals surface area contributed by atoms with Gasteiger partial charge in [0, 0.05) is 11.6 Å². The molecular weight excluding hydrogens is 338 g/mol. The number of benzene rings is 2. The van der Waals surface area contributed by atoms with Gasteiger partial charge in [0.15, 0.2) is 5.78 Å². The summed E-state index contributed by atoms with van der Waals surface area (Å²) >= 11 is 0. The van der Waals surface area contributed by atoms with Crippen LogP contribution in [0.25, 0.3) is 0 Å². The summed E-state index contributed by atoms with van der Waals surface area (Å²) in [5, 5.41) is 30.4. The zero-order valence-corrected chi connectivity index (χ0v) is 14.8. The van der Waals surface area contributed by atoms with Crippen LogP contribution in [0.3, 0.4) is 0 Å². The molecule has 0 amide bonds. The van der Waals surface area contributed by atoms with Crippen LogP contribution in [0.5, 0.6) is 17.2 Å². The van der Waals surface area contributed by atoms with Crippen LogP contribution in [0, 0.1) is 6.92 Å². The predicted octanol–water partition coefficient (Wildman–Crippen LogP) is 3.02. The van der Waals surface area contributed by atoms with Crippen LogP contribution in [0.2, 0.25) is 0 Å². The van der Waals surface area contributed by atoms with Gasteiger partial charge in [0.1, 0.15) is 23.8 Å². The van der Waals surface area contributed by atoms with E-state index in [0.29, 0.717) is 5.56 Å². The molecule has 7 heteroatoms. The molecule has 0 aliphatic carbocycles. The first kappa shape index (κ1) is 19.1. The van der Waals surface area contributed by atoms with E-state index in [9.17, 15) is 24.9 Å². The molecular formula is C19H21NO6. The normalized spacial score (nSPS) is 10.4. The maximum absolute atomic E-state index is 12.1. The second-order valence-electron chi connectivity index (χ2n) is 5.75. The number of anilines is 2. The van der Waals surface area contributed by atoms with Gasteiger partial charge in [-0.25, -0.2) is 0 Å². The molecule has 0 saturated carbocycles. The van der Waals surface area contributed by atoms with Gasteiger partial charge in [0.05, 0.1) is 18.0 Å². The van der Waals surface area contributed by atoms with Gasteiger partial charge in [-0.2, -0.15) is 0 Å². The Hall–Kier alpha value is -3.22. The average molecular weight is 359 g/mol. The third kappa shape index (κ3) is 3.88. The minimum atomic E-state index is -0.600. The number of rotatable bonds is 6. The summed E-state index contributed by atoms with van der Waals surface area (Å²) in [5.74, 6) is -1.60. The van der Waals surface area contributed by atoms with Gasteiger partial charge < -0.3 is 25.0 Å². The van der Waals surface area contributed by atoms with Crippen molar-refractivity contribution in [3.63, 3.8) is 0 Å². The van der Waals surface area contributed by atoms with Crippen molar-refractivity contribution in [1.82, 2.24) is 0 Å². The topological polar surface area (TPSA) is 107 Å². The lowest BCUT2D eigenvalue weighted by Crippen LogP contribution is -2.29. The Morgan fingerprint density at radius 1 is 1.08 bits per heavy atom. The van der Waals surface area contributed by atoms with Crippen molar-refractivity contribution in [1.29, 1.82) is 0 Å². The first-order valence-corrected chi connectivity index (χ1v) is 8.04. The third-order valence-corrected chi connectivity index (χ3v) is 3.79. The molecule has 0 bridgehead atoms. The van der Waals surface area contributed by atoms with Crippen LogP contribution < -0.4 is 4.90 Å². The van der Waals surface area contributed by atoms with Gasteiger partial charge in [0.2, 0.25) is 0 Å². The first-order chi connectivity index (χ1) is 12.3. The van der Waals surface area contributed by atoms with Gasteiger partial charge in [-0.15, -0.1) is 0 Å². The molecule has 0 atom stereocenters. The van der Waals surface area contributed by atoms with Gasteiger partial charge in [-0.05, 0) is 44.5 Å². The number of nitrogens with zero attached hydrogens (tertiary/aromatic N) is 1. The fourth-order valence-electron chi connectivity index (χ4n) is 2.80. The molecule has 0 spiro atoms. The highest BCUT2D eigenvalue weighted by Crippen LogP contribution is 2.43. The number of ketones is 1. The van der Waals surface area contributed by atoms with E-state index >= 15 is 0 Å². The number of carbonyl (C=O) groups is 2. The number of aryl methyl sites for hydroxylation is 1. The number of para-hydroxylation sites is 1. The maximum Gasteiger partial charge on any atom is 0.325 e. The number of hydrogen-bond acceptors (Lipinski definition) is 7. The molecule has 0 aliphatic rings. The standard InChI is InChI=1S/C19H21NO6/c1-4-26-17(25)10-20(18-11(2)8-13(22)9-16(18)24)19-14(12(3)21)6-5-7-15(19)23/h5-9,22-24H,4,10H2,1-3H3. The molecule has 26 heavy (non-hydrogen) atoms. The van der Waals surface area contributed by atoms with Gasteiger partial charge >= 0.3 is 5.97 Å². The summed E-state index contributed by atoms with van der Waals surface area (Å²) in [6.45, 7) is 4.44. The Morgan fingerprint density at radius 3 is 2.35 bits per heavy atom. The maximum atomic E-state index is 12.1. The molecule has 0 fully saturated rings. The highest BCUT2D eigenvalue weighted by molar-refractivity contribution is 6.03. The zero-order valence-electron chi connectivity index (χ0n) is 14.8. The Labute approximate surface area is 151 Å². The van der Waals surface area contributed by atoms with E-state index in [1.807, 2.05) is 0 Å². The summed E-state index contributed by atoms with van der Waals surface area (Å²) in [4.78, 5) is 25.5. The fourth-order valence-corrected chi connectivity index (χ4v) is 2.80. The van der Waals surface area contributed by atoms with E-state index < -0.39 is 5.97 Å². The molecule has 0 radical (unpaired) electrons. The Morgan fingerprint density at radius 2 is 1.77 bits per heavy atom. The van der Waals surface area contributed by atoms with Crippen LogP contribution in [0.1, 0.15) is 29.8 Å². The van der Waals surface area contributed by atoms with E-state index in [-0.39, 0.29) is 53.1 Å². The summed E-state index contributed by atoms with van der Waals surface area (Å²) in [7, 11) is 0. The van der Waals surface area contributed by atoms with Crippen LogP contribution in [0.15, 0.2) is 30.3 Å². The highest BCUT2D eigenvalue weighted by atomic mass is 16.5. The monoisotopic (exact) mass is 359 g/mol. The van der Waals surface area contributed by atoms with E-state index in [1.54, 1.807) is 13.8 Å². The molecule has 0 heterocycles. The molecule has 2 aromatic rings. The quantitative estimate of drug-likeness (QED) is 0.537. The smallest absolute Gasteiger partial charge is 0.325 e. The van der Waals surface area contributed by atoms with E-state index in [0.717, 1.165) is 6.07 Å². The largest absolute Gasteiger partial charge is 0.508 e. The second-order valence-corrected chi connectivity index (χ2v) is 5.75. The summed E-state index contributed by atoms with van der Waals surface area (Å²) in [6, 6.07) is 6.94. The predicted molar refractivity (Wildman–Crippen MR) is 96.3 cm³/mol. The highest BCUT2D eigenvalue weighted by Gasteiger charge is 2.26. The minimum absolute atomic E-state index is 0.0807. The summed E-state index contributed by atoms with van der Waals surface area (Å²) in [6.07, 6.45) is 0. The first-order valence-electron chi connectivity index (χ1n) is 8.04. The lowest BCUT2D eigenvalue weighted by atomic mass is 10.0. The zero-order chi connectivity index (χ0) is 19.4. The number of ether oxygens (including phenoxy) is 1. The van der Waals surface area contributed by atoms with Crippen molar-refractivity contribution in [3.8, 4) is 17.2 Å². The number of phenols is 3. The third-order valence-electron chi connectivity index (χ3n) is 3.79. The number of Topliss-reactive ketones (excluding diaryl/α,β-unsaturated/α-hetero) is 1. The Balaban J connectivity index is 2.72. The molecule has 0 aromatic heterocycles. The molecule has 138 valence electrons. The number of carbonyl (C=O) groups excluding carboxylic acids is 2. The van der Waals surface area contributed by atoms with Crippen molar-refractivity contribution in [2.45, 2.75) is 20.8 Å². The van der Waals surface area contributed by atoms with Crippen LogP contribution >= 0.6 is 0 Å². The average Bonchev–Trinajstić information content (AvgIpc) is 2.53. The Bertz CT molecular complexity index is 823. The van der Waals surface area contributed by atoms with Gasteiger partial charge in [-0.1, -0.05) is 6.07 Å². The lowest BCUT2D eigenvalue weighted by molar-refractivity contribution is -0.141. The SMILES string of the molecule is CCOC(=O)CN(c1c(C)cc(O)cc1O)c1c(O)cccc1C(C)=O. The second kappa shape index (κ2) is 7.77. The molecule has 3 N–H and O–H groups in total. The summed E-state index contributed by atoms with van der Waals surface area (Å²) in [5.41, 5.74) is 0.891. The number of aromatic hydroxyl groups is 3. The minimum Gasteiger partial charge on any atom is -0.508 e. The lowest BCUT2D eigenvalue weighted by Gasteiger charge is -2.28. The molecule has 7 nitrogen and oxygen atoms in total. The van der Waals surface area contributed by atoms with Crippen LogP contribution in [-0.2, 0) is 9.53 Å². The number of esters is 1. The van der Waals surface area contributed by atoms with Gasteiger partial charge in [-0.3, -0.25) is 9.59 Å². The van der Waals surface area contributed by atoms with Crippen molar-refractivity contribution in [2.75, 3.05) is 18.1 Å². The molecule has 0 saturated heterocycles. The molecule has 2 aromatic carbocycles. The van der Waals surface area contributed by atoms with E-state index in [1.165, 1.54) is 36.1 Å². The molecule has 0 unspecified atom stereocenters. The number of hydrogen-bond donors (Lipinski definition) is 3.